The van der Waals surface area contributed by atoms with Crippen LogP contribution < -0.4 is 5.32 Å². The summed E-state index contributed by atoms with van der Waals surface area (Å²) in [6.45, 7) is 9.24. The normalized spacial score (nSPS) is 25.8. The summed E-state index contributed by atoms with van der Waals surface area (Å²) in [6.07, 6.45) is 5.41. The van der Waals surface area contributed by atoms with Gasteiger partial charge < -0.3 is 14.8 Å². The molecule has 0 saturated carbocycles. The Hall–Kier alpha value is -0.380. The van der Waals surface area contributed by atoms with Crippen LogP contribution in [0.4, 0.5) is 0 Å². The minimum Gasteiger partial charge on any atom is -0.383 e. The van der Waals surface area contributed by atoms with E-state index in [0.717, 1.165) is 26.1 Å². The van der Waals surface area contributed by atoms with Gasteiger partial charge in [-0.15, -0.1) is 0 Å². The van der Waals surface area contributed by atoms with Gasteiger partial charge in [-0.1, -0.05) is 25.5 Å². The minimum atomic E-state index is 0.326. The van der Waals surface area contributed by atoms with E-state index in [1.54, 1.807) is 7.11 Å². The van der Waals surface area contributed by atoms with Gasteiger partial charge in [0.1, 0.15) is 0 Å². The highest BCUT2D eigenvalue weighted by Crippen LogP contribution is 2.22. The topological polar surface area (TPSA) is 30.5 Å². The Balaban J connectivity index is 2.39. The van der Waals surface area contributed by atoms with Crippen LogP contribution in [0, 0.1) is 5.92 Å². The van der Waals surface area contributed by atoms with Gasteiger partial charge in [0.25, 0.3) is 0 Å². The number of ether oxygens (including phenoxy) is 2. The van der Waals surface area contributed by atoms with Crippen molar-refractivity contribution in [1.82, 2.24) is 5.32 Å². The fourth-order valence-electron chi connectivity index (χ4n) is 2.06. The van der Waals surface area contributed by atoms with E-state index in [2.05, 4.69) is 32.2 Å². The van der Waals surface area contributed by atoms with Crippen LogP contribution in [-0.4, -0.2) is 39.0 Å². The maximum absolute atomic E-state index is 5.84. The Morgan fingerprint density at radius 2 is 2.24 bits per heavy atom. The second kappa shape index (κ2) is 7.85. The van der Waals surface area contributed by atoms with Crippen molar-refractivity contribution in [2.45, 2.75) is 45.8 Å². The molecule has 1 saturated heterocycles. The fraction of sp³-hybridized carbons (Fsp3) is 0.857. The Morgan fingerprint density at radius 3 is 2.76 bits per heavy atom. The van der Waals surface area contributed by atoms with Gasteiger partial charge in [0.05, 0.1) is 18.8 Å². The number of nitrogens with one attached hydrogen (secondary N) is 1. The fourth-order valence-corrected chi connectivity index (χ4v) is 2.06. The van der Waals surface area contributed by atoms with Crippen LogP contribution in [0.5, 0.6) is 0 Å². The first-order valence-electron chi connectivity index (χ1n) is 6.69. The lowest BCUT2D eigenvalue weighted by Gasteiger charge is -2.15. The molecule has 0 amide bonds. The molecule has 1 N–H and O–H groups in total. The molecule has 1 heterocycles. The van der Waals surface area contributed by atoms with Crippen molar-refractivity contribution in [1.29, 1.82) is 0 Å². The maximum Gasteiger partial charge on any atom is 0.0763 e. The number of hydrogen-bond acceptors (Lipinski definition) is 3. The molecular formula is C14H27NO2. The van der Waals surface area contributed by atoms with Crippen LogP contribution in [0.15, 0.2) is 11.6 Å². The molecule has 0 aliphatic carbocycles. The van der Waals surface area contributed by atoms with Crippen molar-refractivity contribution in [2.75, 3.05) is 26.8 Å². The minimum absolute atomic E-state index is 0.326. The Bertz CT molecular complexity index is 238. The third-order valence-electron chi connectivity index (χ3n) is 3.22. The molecule has 0 aromatic heterocycles. The molecule has 2 atom stereocenters. The summed E-state index contributed by atoms with van der Waals surface area (Å²) in [5, 5.41) is 3.40. The summed E-state index contributed by atoms with van der Waals surface area (Å²) < 4.78 is 10.9. The molecule has 3 nitrogen and oxygen atoms in total. The highest BCUT2D eigenvalue weighted by Gasteiger charge is 2.20. The number of methoxy groups -OCH3 is 1. The molecule has 0 aromatic carbocycles. The van der Waals surface area contributed by atoms with E-state index < -0.39 is 0 Å². The summed E-state index contributed by atoms with van der Waals surface area (Å²) in [4.78, 5) is 0. The van der Waals surface area contributed by atoms with Gasteiger partial charge in [-0.25, -0.2) is 0 Å². The van der Waals surface area contributed by atoms with Gasteiger partial charge in [-0.05, 0) is 25.7 Å². The smallest absolute Gasteiger partial charge is 0.0763 e. The van der Waals surface area contributed by atoms with Crippen LogP contribution in [0.1, 0.15) is 33.6 Å². The molecular weight excluding hydrogens is 214 g/mol. The summed E-state index contributed by atoms with van der Waals surface area (Å²) in [5.41, 5.74) is 1.44. The molecule has 17 heavy (non-hydrogen) atoms. The van der Waals surface area contributed by atoms with Gasteiger partial charge in [-0.2, -0.15) is 0 Å². The van der Waals surface area contributed by atoms with Crippen LogP contribution in [0.2, 0.25) is 0 Å². The average molecular weight is 241 g/mol. The van der Waals surface area contributed by atoms with Crippen LogP contribution in [0.3, 0.4) is 0 Å². The maximum atomic E-state index is 5.84. The first-order valence-corrected chi connectivity index (χ1v) is 6.69. The van der Waals surface area contributed by atoms with Gasteiger partial charge in [0.2, 0.25) is 0 Å². The van der Waals surface area contributed by atoms with E-state index in [1.807, 2.05) is 0 Å². The molecule has 0 spiro atoms. The monoisotopic (exact) mass is 241 g/mol. The molecule has 1 aliphatic heterocycles. The van der Waals surface area contributed by atoms with E-state index in [1.165, 1.54) is 12.0 Å². The second-order valence-corrected chi connectivity index (χ2v) is 5.13. The lowest BCUT2D eigenvalue weighted by molar-refractivity contribution is 0.0825. The van der Waals surface area contributed by atoms with Gasteiger partial charge in [0, 0.05) is 20.2 Å². The Kier molecular flexibility index (Phi) is 6.78. The zero-order chi connectivity index (χ0) is 12.7. The zero-order valence-corrected chi connectivity index (χ0v) is 11.7. The molecule has 1 rings (SSSR count). The molecule has 0 radical (unpaired) electrons. The third-order valence-corrected chi connectivity index (χ3v) is 3.22. The quantitative estimate of drug-likeness (QED) is 0.548. The molecule has 1 aliphatic rings. The van der Waals surface area contributed by atoms with E-state index in [4.69, 9.17) is 9.47 Å². The first kappa shape index (κ1) is 14.7. The van der Waals surface area contributed by atoms with Crippen LogP contribution in [0.25, 0.3) is 0 Å². The molecule has 0 bridgehead atoms. The molecule has 0 aromatic rings. The van der Waals surface area contributed by atoms with E-state index in [9.17, 15) is 0 Å². The average Bonchev–Trinajstić information content (AvgIpc) is 2.68. The number of hydrogen-bond donors (Lipinski definition) is 1. The second-order valence-electron chi connectivity index (χ2n) is 5.13. The summed E-state index contributed by atoms with van der Waals surface area (Å²) in [7, 11) is 1.73. The van der Waals surface area contributed by atoms with Crippen molar-refractivity contribution in [3.8, 4) is 0 Å². The van der Waals surface area contributed by atoms with Crippen LogP contribution in [-0.2, 0) is 9.47 Å². The molecule has 1 fully saturated rings. The van der Waals surface area contributed by atoms with Crippen molar-refractivity contribution in [3.63, 3.8) is 0 Å². The lowest BCUT2D eigenvalue weighted by atomic mass is 10.0. The van der Waals surface area contributed by atoms with Gasteiger partial charge in [-0.3, -0.25) is 0 Å². The zero-order valence-electron chi connectivity index (χ0n) is 11.7. The highest BCUT2D eigenvalue weighted by atomic mass is 16.5. The summed E-state index contributed by atoms with van der Waals surface area (Å²) in [6, 6.07) is 0. The van der Waals surface area contributed by atoms with Crippen molar-refractivity contribution >= 4 is 0 Å². The molecule has 2 unspecified atom stereocenters. The summed E-state index contributed by atoms with van der Waals surface area (Å²) >= 11 is 0. The predicted molar refractivity (Wildman–Crippen MR) is 71.2 cm³/mol. The molecule has 3 heteroatoms. The predicted octanol–water partition coefficient (Wildman–Crippen LogP) is 2.37. The van der Waals surface area contributed by atoms with Gasteiger partial charge in [0.15, 0.2) is 0 Å². The SMILES string of the molecule is COCCNC/C(=C/C1CCC(C)O1)C(C)C. The standard InChI is InChI=1S/C14H27NO2/c1-11(2)13(10-15-7-8-16-4)9-14-6-5-12(3)17-14/h9,11-12,14-15H,5-8,10H2,1-4H3/b13-9-. The van der Waals surface area contributed by atoms with Crippen molar-refractivity contribution < 1.29 is 9.47 Å². The van der Waals surface area contributed by atoms with E-state index in [-0.39, 0.29) is 0 Å². The van der Waals surface area contributed by atoms with E-state index in [0.29, 0.717) is 18.1 Å². The first-order chi connectivity index (χ1) is 8.13. The van der Waals surface area contributed by atoms with Crippen molar-refractivity contribution in [3.05, 3.63) is 11.6 Å². The lowest BCUT2D eigenvalue weighted by Crippen LogP contribution is -2.24. The Labute approximate surface area is 106 Å². The largest absolute Gasteiger partial charge is 0.383 e. The highest BCUT2D eigenvalue weighted by molar-refractivity contribution is 5.10. The van der Waals surface area contributed by atoms with E-state index >= 15 is 0 Å². The summed E-state index contributed by atoms with van der Waals surface area (Å²) in [5.74, 6) is 0.574. The van der Waals surface area contributed by atoms with Crippen molar-refractivity contribution in [2.24, 2.45) is 5.92 Å². The van der Waals surface area contributed by atoms with Crippen LogP contribution >= 0.6 is 0 Å². The molecule has 100 valence electrons. The third kappa shape index (κ3) is 5.66. The number of rotatable bonds is 7. The Morgan fingerprint density at radius 1 is 1.47 bits per heavy atom. The van der Waals surface area contributed by atoms with Gasteiger partial charge >= 0.3 is 0 Å².